The molecule has 0 heterocycles. The summed E-state index contributed by atoms with van der Waals surface area (Å²) in [5.41, 5.74) is 0. The number of hydrogen-bond acceptors (Lipinski definition) is 2. The van der Waals surface area contributed by atoms with Gasteiger partial charge < -0.3 is 4.74 Å². The van der Waals surface area contributed by atoms with Crippen LogP contribution in [0, 0.1) is 0 Å². The Hall–Kier alpha value is 0.910. The van der Waals surface area contributed by atoms with E-state index >= 15 is 0 Å². The lowest BCUT2D eigenvalue weighted by Gasteiger charge is -2.03. The fourth-order valence-electron chi connectivity index (χ4n) is 0.759. The zero-order valence-corrected chi connectivity index (χ0v) is 14.4. The first-order chi connectivity index (χ1) is 7.00. The van der Waals surface area contributed by atoms with Crippen LogP contribution >= 0.6 is 79.4 Å². The van der Waals surface area contributed by atoms with E-state index in [4.69, 9.17) is 16.3 Å². The molecule has 0 fully saturated rings. The third-order valence-corrected chi connectivity index (χ3v) is 5.71. The van der Waals surface area contributed by atoms with Crippen molar-refractivity contribution in [3.8, 4) is 5.75 Å². The van der Waals surface area contributed by atoms with Gasteiger partial charge in [-0.05, 0) is 86.0 Å². The lowest BCUT2D eigenvalue weighted by Crippen LogP contribution is -2.07. The minimum Gasteiger partial charge on any atom is -0.423 e. The van der Waals surface area contributed by atoms with Crippen molar-refractivity contribution < 1.29 is 9.53 Å². The van der Waals surface area contributed by atoms with Crippen molar-refractivity contribution in [2.45, 2.75) is 0 Å². The first-order valence-corrected chi connectivity index (χ1v) is 7.30. The van der Waals surface area contributed by atoms with Gasteiger partial charge in [-0.25, -0.2) is 4.79 Å². The number of benzene rings is 1. The molecule has 0 unspecified atom stereocenters. The number of carbonyl (C=O) groups excluding carboxylic acids is 1. The molecule has 0 spiro atoms. The molecule has 0 amide bonds. The Bertz CT molecular complexity index is 414. The van der Waals surface area contributed by atoms with E-state index in [1.807, 2.05) is 22.6 Å². The van der Waals surface area contributed by atoms with E-state index in [0.29, 0.717) is 14.4 Å². The molecule has 0 aromatic heterocycles. The van der Waals surface area contributed by atoms with Crippen LogP contribution in [0.4, 0.5) is 0 Å². The van der Waals surface area contributed by atoms with Gasteiger partial charge >= 0.3 is 5.97 Å². The molecular weight excluding hydrogens is 556 g/mol. The molecule has 1 rings (SSSR count). The standard InChI is InChI=1S/C9H4ClI3O2/c10-5-2-1-3-6(4-5)15-9(14)7(11)8(12)13/h1-4H. The SMILES string of the molecule is O=C(Oc1cccc(Cl)c1)C(I)=C(I)I. The monoisotopic (exact) mass is 560 g/mol. The minimum atomic E-state index is -0.364. The quantitative estimate of drug-likeness (QED) is 0.227. The predicted molar refractivity (Wildman–Crippen MR) is 86.2 cm³/mol. The maximum absolute atomic E-state index is 11.5. The van der Waals surface area contributed by atoms with E-state index in [2.05, 4.69) is 45.2 Å². The van der Waals surface area contributed by atoms with Crippen molar-refractivity contribution in [1.29, 1.82) is 0 Å². The summed E-state index contributed by atoms with van der Waals surface area (Å²) in [7, 11) is 0. The lowest BCUT2D eigenvalue weighted by atomic mass is 10.3. The third-order valence-electron chi connectivity index (χ3n) is 1.35. The fourth-order valence-corrected chi connectivity index (χ4v) is 1.49. The molecule has 0 saturated heterocycles. The molecule has 15 heavy (non-hydrogen) atoms. The summed E-state index contributed by atoms with van der Waals surface area (Å²) in [5.74, 6) is 0.0902. The van der Waals surface area contributed by atoms with E-state index in [1.54, 1.807) is 24.3 Å². The van der Waals surface area contributed by atoms with Gasteiger partial charge in [0.1, 0.15) is 9.33 Å². The number of halogens is 4. The Kier molecular flexibility index (Phi) is 6.15. The van der Waals surface area contributed by atoms with Crippen LogP contribution < -0.4 is 4.74 Å². The average Bonchev–Trinajstić information content (AvgIpc) is 2.16. The molecule has 0 aliphatic carbocycles. The second-order valence-corrected chi connectivity index (χ2v) is 8.16. The highest BCUT2D eigenvalue weighted by Gasteiger charge is 2.12. The molecular formula is C9H4ClI3O2. The number of rotatable bonds is 2. The summed E-state index contributed by atoms with van der Waals surface area (Å²) in [4.78, 5) is 11.5. The van der Waals surface area contributed by atoms with Gasteiger partial charge in [0.05, 0.1) is 1.59 Å². The molecule has 0 atom stereocenters. The number of hydrogen-bond donors (Lipinski definition) is 0. The zero-order chi connectivity index (χ0) is 11.4. The molecule has 0 aliphatic heterocycles. The van der Waals surface area contributed by atoms with Crippen molar-refractivity contribution in [3.05, 3.63) is 34.5 Å². The Morgan fingerprint density at radius 1 is 1.27 bits per heavy atom. The Morgan fingerprint density at radius 3 is 2.47 bits per heavy atom. The number of carbonyl (C=O) groups is 1. The number of ether oxygens (including phenoxy) is 1. The van der Waals surface area contributed by atoms with Crippen molar-refractivity contribution in [1.82, 2.24) is 0 Å². The average molecular weight is 560 g/mol. The van der Waals surface area contributed by atoms with Gasteiger partial charge in [-0.1, -0.05) is 17.7 Å². The van der Waals surface area contributed by atoms with Gasteiger partial charge in [-0.3, -0.25) is 0 Å². The fraction of sp³-hybridized carbons (Fsp3) is 0. The molecule has 2 nitrogen and oxygen atoms in total. The Balaban J connectivity index is 2.80. The summed E-state index contributed by atoms with van der Waals surface area (Å²) in [6, 6.07) is 6.75. The second-order valence-electron chi connectivity index (χ2n) is 2.42. The largest absolute Gasteiger partial charge is 0.423 e. The molecule has 1 aromatic rings. The van der Waals surface area contributed by atoms with Gasteiger partial charge in [0.25, 0.3) is 0 Å². The summed E-state index contributed by atoms with van der Waals surface area (Å²) < 4.78 is 6.56. The first kappa shape index (κ1) is 14.0. The van der Waals surface area contributed by atoms with E-state index in [9.17, 15) is 4.79 Å². The second kappa shape index (κ2) is 6.60. The number of esters is 1. The molecule has 0 bridgehead atoms. The van der Waals surface area contributed by atoms with Crippen LogP contribution in [0.25, 0.3) is 0 Å². The van der Waals surface area contributed by atoms with Crippen molar-refractivity contribution in [3.63, 3.8) is 0 Å². The minimum absolute atomic E-state index is 0.364. The van der Waals surface area contributed by atoms with Crippen LogP contribution in [0.3, 0.4) is 0 Å². The highest BCUT2D eigenvalue weighted by atomic mass is 127. The Morgan fingerprint density at radius 2 is 1.93 bits per heavy atom. The van der Waals surface area contributed by atoms with Gasteiger partial charge in [-0.2, -0.15) is 0 Å². The maximum Gasteiger partial charge on any atom is 0.351 e. The molecule has 6 heteroatoms. The molecule has 0 aliphatic rings. The van der Waals surface area contributed by atoms with E-state index in [1.165, 1.54) is 0 Å². The molecule has 0 saturated carbocycles. The van der Waals surface area contributed by atoms with Crippen molar-refractivity contribution in [2.24, 2.45) is 0 Å². The molecule has 1 aromatic carbocycles. The predicted octanol–water partition coefficient (Wildman–Crippen LogP) is 4.72. The zero-order valence-electron chi connectivity index (χ0n) is 7.14. The summed E-state index contributed by atoms with van der Waals surface area (Å²) in [6.07, 6.45) is 0. The van der Waals surface area contributed by atoms with E-state index in [-0.39, 0.29) is 5.97 Å². The smallest absolute Gasteiger partial charge is 0.351 e. The van der Waals surface area contributed by atoms with Crippen LogP contribution in [-0.4, -0.2) is 5.97 Å². The normalized spacial score (nSPS) is 9.60. The highest BCUT2D eigenvalue weighted by Crippen LogP contribution is 2.27. The van der Waals surface area contributed by atoms with Crippen LogP contribution in [-0.2, 0) is 4.79 Å². The topological polar surface area (TPSA) is 26.3 Å². The molecule has 0 N–H and O–H groups in total. The molecule has 80 valence electrons. The first-order valence-electron chi connectivity index (χ1n) is 3.69. The van der Waals surface area contributed by atoms with Crippen molar-refractivity contribution in [2.75, 3.05) is 0 Å². The highest BCUT2D eigenvalue weighted by molar-refractivity contribution is 14.2. The molecule has 0 radical (unpaired) electrons. The van der Waals surface area contributed by atoms with Gasteiger partial charge in [0, 0.05) is 5.02 Å². The summed E-state index contributed by atoms with van der Waals surface area (Å²) >= 11 is 11.8. The van der Waals surface area contributed by atoms with Gasteiger partial charge in [-0.15, -0.1) is 0 Å². The van der Waals surface area contributed by atoms with E-state index in [0.717, 1.165) is 1.59 Å². The van der Waals surface area contributed by atoms with E-state index < -0.39 is 0 Å². The summed E-state index contributed by atoms with van der Waals surface area (Å²) in [6.45, 7) is 0. The third kappa shape index (κ3) is 4.73. The van der Waals surface area contributed by atoms with Crippen LogP contribution in [0.15, 0.2) is 29.4 Å². The Labute approximate surface area is 133 Å². The van der Waals surface area contributed by atoms with Crippen LogP contribution in [0.1, 0.15) is 0 Å². The summed E-state index contributed by atoms with van der Waals surface area (Å²) in [5, 5.41) is 0.545. The van der Waals surface area contributed by atoms with Gasteiger partial charge in [0.2, 0.25) is 0 Å². The maximum atomic E-state index is 11.5. The van der Waals surface area contributed by atoms with Gasteiger partial charge in [0.15, 0.2) is 0 Å². The lowest BCUT2D eigenvalue weighted by molar-refractivity contribution is -0.129. The van der Waals surface area contributed by atoms with Crippen molar-refractivity contribution >= 4 is 85.3 Å². The van der Waals surface area contributed by atoms with Crippen LogP contribution in [0.5, 0.6) is 5.75 Å². The van der Waals surface area contributed by atoms with Crippen LogP contribution in [0.2, 0.25) is 5.02 Å².